The molecular formula is C9H18N6O2. The summed E-state index contributed by atoms with van der Waals surface area (Å²) < 4.78 is 0. The average Bonchev–Trinajstić information content (AvgIpc) is 2.57. The molecule has 0 aromatic rings. The normalized spacial score (nSPS) is 27.4. The summed E-state index contributed by atoms with van der Waals surface area (Å²) in [6, 6.07) is -0.232. The molecule has 9 N–H and O–H groups in total. The van der Waals surface area contributed by atoms with E-state index in [0.29, 0.717) is 19.4 Å². The predicted molar refractivity (Wildman–Crippen MR) is 64.1 cm³/mol. The van der Waals surface area contributed by atoms with Gasteiger partial charge in [0.05, 0.1) is 12.0 Å². The minimum Gasteiger partial charge on any atom is -0.481 e. The molecule has 1 fully saturated rings. The molecule has 0 radical (unpaired) electrons. The summed E-state index contributed by atoms with van der Waals surface area (Å²) in [6.45, 7) is 0.341. The van der Waals surface area contributed by atoms with E-state index >= 15 is 0 Å². The Morgan fingerprint density at radius 2 is 1.82 bits per heavy atom. The van der Waals surface area contributed by atoms with Gasteiger partial charge in [0.1, 0.15) is 0 Å². The lowest BCUT2D eigenvalue weighted by Crippen LogP contribution is -2.28. The van der Waals surface area contributed by atoms with E-state index in [0.717, 1.165) is 0 Å². The van der Waals surface area contributed by atoms with Gasteiger partial charge in [-0.15, -0.1) is 0 Å². The van der Waals surface area contributed by atoms with Crippen LogP contribution in [0.3, 0.4) is 0 Å². The molecule has 0 saturated heterocycles. The van der Waals surface area contributed by atoms with E-state index in [-0.39, 0.29) is 23.9 Å². The molecule has 0 aromatic heterocycles. The van der Waals surface area contributed by atoms with Crippen LogP contribution in [0, 0.1) is 11.8 Å². The Balaban J connectivity index is 2.73. The molecule has 0 bridgehead atoms. The minimum absolute atomic E-state index is 0.0211. The summed E-state index contributed by atoms with van der Waals surface area (Å²) in [5, 5.41) is 8.96. The van der Waals surface area contributed by atoms with Crippen molar-refractivity contribution in [3.8, 4) is 0 Å². The van der Waals surface area contributed by atoms with Crippen LogP contribution in [0.25, 0.3) is 0 Å². The summed E-state index contributed by atoms with van der Waals surface area (Å²) in [5.41, 5.74) is 21.1. The number of carboxylic acids is 1. The molecular weight excluding hydrogens is 224 g/mol. The molecule has 0 spiro atoms. The number of rotatable bonds is 4. The fourth-order valence-corrected chi connectivity index (χ4v) is 2.07. The molecule has 0 aliphatic heterocycles. The van der Waals surface area contributed by atoms with Gasteiger partial charge in [0.2, 0.25) is 0 Å². The van der Waals surface area contributed by atoms with Crippen molar-refractivity contribution >= 4 is 17.9 Å². The third-order valence-corrected chi connectivity index (χ3v) is 2.83. The highest BCUT2D eigenvalue weighted by Crippen LogP contribution is 2.33. The topological polar surface area (TPSA) is 166 Å². The van der Waals surface area contributed by atoms with Crippen LogP contribution >= 0.6 is 0 Å². The van der Waals surface area contributed by atoms with Crippen molar-refractivity contribution in [2.45, 2.75) is 18.9 Å². The van der Waals surface area contributed by atoms with Crippen LogP contribution in [-0.4, -0.2) is 35.6 Å². The Bertz CT molecular complexity index is 345. The molecule has 17 heavy (non-hydrogen) atoms. The van der Waals surface area contributed by atoms with Gasteiger partial charge in [-0.1, -0.05) is 0 Å². The SMILES string of the molecule is NC(N)=NCC1CC(C(=O)O)CC1N=C(N)N. The molecule has 0 heterocycles. The smallest absolute Gasteiger partial charge is 0.306 e. The van der Waals surface area contributed by atoms with Gasteiger partial charge >= 0.3 is 5.97 Å². The molecule has 8 heteroatoms. The lowest BCUT2D eigenvalue weighted by atomic mass is 10.0. The summed E-state index contributed by atoms with van der Waals surface area (Å²) >= 11 is 0. The van der Waals surface area contributed by atoms with Gasteiger partial charge in [0.15, 0.2) is 11.9 Å². The number of hydrogen-bond donors (Lipinski definition) is 5. The van der Waals surface area contributed by atoms with Gasteiger partial charge < -0.3 is 28.0 Å². The fraction of sp³-hybridized carbons (Fsp3) is 0.667. The van der Waals surface area contributed by atoms with Crippen LogP contribution in [0.5, 0.6) is 0 Å². The first kappa shape index (κ1) is 13.1. The number of carboxylic acid groups (broad SMARTS) is 1. The minimum atomic E-state index is -0.840. The highest BCUT2D eigenvalue weighted by molar-refractivity contribution is 5.76. The zero-order chi connectivity index (χ0) is 13.0. The lowest BCUT2D eigenvalue weighted by Gasteiger charge is -2.13. The second-order valence-electron chi connectivity index (χ2n) is 4.15. The van der Waals surface area contributed by atoms with E-state index in [4.69, 9.17) is 28.0 Å². The zero-order valence-corrected chi connectivity index (χ0v) is 9.41. The van der Waals surface area contributed by atoms with E-state index in [1.807, 2.05) is 0 Å². The molecule has 8 nitrogen and oxygen atoms in total. The van der Waals surface area contributed by atoms with Gasteiger partial charge in [0.25, 0.3) is 0 Å². The van der Waals surface area contributed by atoms with Gasteiger partial charge in [-0.05, 0) is 12.8 Å². The molecule has 1 aliphatic rings. The number of aliphatic carboxylic acids is 1. The summed E-state index contributed by atoms with van der Waals surface area (Å²) in [7, 11) is 0. The van der Waals surface area contributed by atoms with Crippen molar-refractivity contribution < 1.29 is 9.90 Å². The summed E-state index contributed by atoms with van der Waals surface area (Å²) in [5.74, 6) is -1.39. The maximum atomic E-state index is 10.9. The monoisotopic (exact) mass is 242 g/mol. The molecule has 3 unspecified atom stereocenters. The van der Waals surface area contributed by atoms with Gasteiger partial charge in [-0.2, -0.15) is 0 Å². The quantitative estimate of drug-likeness (QED) is 0.282. The second kappa shape index (κ2) is 5.37. The first-order valence-corrected chi connectivity index (χ1v) is 5.27. The first-order valence-electron chi connectivity index (χ1n) is 5.27. The Morgan fingerprint density at radius 1 is 1.18 bits per heavy atom. The lowest BCUT2D eigenvalue weighted by molar-refractivity contribution is -0.141. The van der Waals surface area contributed by atoms with E-state index in [1.165, 1.54) is 0 Å². The van der Waals surface area contributed by atoms with E-state index < -0.39 is 11.9 Å². The largest absolute Gasteiger partial charge is 0.481 e. The molecule has 1 saturated carbocycles. The standard InChI is InChI=1S/C9H18N6O2/c10-8(11)14-3-5-1-4(7(16)17)2-6(5)15-9(12)13/h4-6H,1-3H2,(H,16,17)(H4,10,11,14)(H4,12,13,15). The number of carbonyl (C=O) groups is 1. The predicted octanol–water partition coefficient (Wildman–Crippen LogP) is -1.99. The summed E-state index contributed by atoms with van der Waals surface area (Å²) in [4.78, 5) is 18.8. The Labute approximate surface area is 98.8 Å². The molecule has 1 rings (SSSR count). The van der Waals surface area contributed by atoms with Crippen LogP contribution in [0.1, 0.15) is 12.8 Å². The number of aliphatic imine (C=N–C) groups is 2. The van der Waals surface area contributed by atoms with Crippen LogP contribution < -0.4 is 22.9 Å². The number of guanidine groups is 2. The van der Waals surface area contributed by atoms with Gasteiger partial charge in [-0.25, -0.2) is 4.99 Å². The highest BCUT2D eigenvalue weighted by Gasteiger charge is 2.37. The van der Waals surface area contributed by atoms with Crippen molar-refractivity contribution in [2.75, 3.05) is 6.54 Å². The molecule has 0 amide bonds. The van der Waals surface area contributed by atoms with E-state index in [9.17, 15) is 4.79 Å². The highest BCUT2D eigenvalue weighted by atomic mass is 16.4. The average molecular weight is 242 g/mol. The van der Waals surface area contributed by atoms with Crippen molar-refractivity contribution in [2.24, 2.45) is 44.8 Å². The second-order valence-corrected chi connectivity index (χ2v) is 4.15. The van der Waals surface area contributed by atoms with Gasteiger partial charge in [0, 0.05) is 12.5 Å². The third-order valence-electron chi connectivity index (χ3n) is 2.83. The van der Waals surface area contributed by atoms with Crippen molar-refractivity contribution in [1.82, 2.24) is 0 Å². The van der Waals surface area contributed by atoms with Crippen LogP contribution in [-0.2, 0) is 4.79 Å². The van der Waals surface area contributed by atoms with E-state index in [1.54, 1.807) is 0 Å². The van der Waals surface area contributed by atoms with Crippen molar-refractivity contribution in [1.29, 1.82) is 0 Å². The van der Waals surface area contributed by atoms with Crippen LogP contribution in [0.15, 0.2) is 9.98 Å². The number of nitrogens with two attached hydrogens (primary N) is 4. The van der Waals surface area contributed by atoms with E-state index in [2.05, 4.69) is 9.98 Å². The summed E-state index contributed by atoms with van der Waals surface area (Å²) in [6.07, 6.45) is 0.894. The maximum Gasteiger partial charge on any atom is 0.306 e. The Kier molecular flexibility index (Phi) is 4.13. The van der Waals surface area contributed by atoms with Crippen molar-refractivity contribution in [3.05, 3.63) is 0 Å². The van der Waals surface area contributed by atoms with Crippen LogP contribution in [0.4, 0.5) is 0 Å². The maximum absolute atomic E-state index is 10.9. The number of hydrogen-bond acceptors (Lipinski definition) is 3. The zero-order valence-electron chi connectivity index (χ0n) is 9.41. The number of nitrogens with zero attached hydrogens (tertiary/aromatic N) is 2. The third kappa shape index (κ3) is 3.82. The van der Waals surface area contributed by atoms with Crippen molar-refractivity contribution in [3.63, 3.8) is 0 Å². The fourth-order valence-electron chi connectivity index (χ4n) is 2.07. The van der Waals surface area contributed by atoms with Crippen LogP contribution in [0.2, 0.25) is 0 Å². The first-order chi connectivity index (χ1) is 7.90. The molecule has 96 valence electrons. The Morgan fingerprint density at radius 3 is 2.29 bits per heavy atom. The van der Waals surface area contributed by atoms with Gasteiger partial charge in [-0.3, -0.25) is 9.79 Å². The molecule has 0 aromatic carbocycles. The Hall–Kier alpha value is -1.99. The molecule has 3 atom stereocenters. The molecule has 1 aliphatic carbocycles.